The Morgan fingerprint density at radius 2 is 2.20 bits per heavy atom. The van der Waals surface area contributed by atoms with Gasteiger partial charge in [0.2, 0.25) is 0 Å². The van der Waals surface area contributed by atoms with Crippen molar-refractivity contribution in [2.24, 2.45) is 11.1 Å². The average Bonchev–Trinajstić information content (AvgIpc) is 2.67. The average molecular weight is 311 g/mol. The van der Waals surface area contributed by atoms with E-state index >= 15 is 0 Å². The van der Waals surface area contributed by atoms with Gasteiger partial charge >= 0.3 is 0 Å². The Bertz CT molecular complexity index is 487. The summed E-state index contributed by atoms with van der Waals surface area (Å²) in [6, 6.07) is 2.57. The molecule has 2 nitrogen and oxygen atoms in total. The summed E-state index contributed by atoms with van der Waals surface area (Å²) in [5, 5.41) is 0.769. The molecule has 1 fully saturated rings. The highest BCUT2D eigenvalue weighted by Crippen LogP contribution is 2.41. The maximum Gasteiger partial charge on any atom is 0.0352 e. The Balaban J connectivity index is 1.88. The first kappa shape index (κ1) is 14.9. The second kappa shape index (κ2) is 5.62. The number of nitrogens with two attached hydrogens (primary N) is 1. The molecule has 1 aliphatic heterocycles. The van der Waals surface area contributed by atoms with Crippen LogP contribution in [-0.4, -0.2) is 27.1 Å². The van der Waals surface area contributed by atoms with Gasteiger partial charge in [0.25, 0.3) is 0 Å². The molecule has 2 unspecified atom stereocenters. The van der Waals surface area contributed by atoms with Crippen LogP contribution in [0, 0.1) is 12.3 Å². The van der Waals surface area contributed by atoms with Crippen LogP contribution in [0.3, 0.4) is 0 Å². The van der Waals surface area contributed by atoms with Gasteiger partial charge in [0.05, 0.1) is 0 Å². The van der Waals surface area contributed by atoms with Gasteiger partial charge in [-0.1, -0.05) is 13.8 Å². The maximum atomic E-state index is 6.41. The van der Waals surface area contributed by atoms with Crippen LogP contribution in [0.5, 0.6) is 0 Å². The molecule has 0 aromatic carbocycles. The van der Waals surface area contributed by atoms with Crippen LogP contribution < -0.4 is 5.73 Å². The van der Waals surface area contributed by atoms with Crippen molar-refractivity contribution in [2.75, 3.05) is 17.3 Å². The number of aromatic nitrogens is 1. The van der Waals surface area contributed by atoms with Crippen molar-refractivity contribution < 1.29 is 0 Å². The normalized spacial score (nSPS) is 29.2. The Hall–Kier alpha value is -0.0600. The van der Waals surface area contributed by atoms with E-state index in [0.29, 0.717) is 5.41 Å². The lowest BCUT2D eigenvalue weighted by Crippen LogP contribution is -2.31. The van der Waals surface area contributed by atoms with Crippen molar-refractivity contribution in [1.82, 2.24) is 4.57 Å². The molecule has 0 spiro atoms. The Labute approximate surface area is 131 Å². The summed E-state index contributed by atoms with van der Waals surface area (Å²) in [6.45, 7) is 8.13. The molecule has 0 saturated carbocycles. The fraction of sp³-hybridized carbons (Fsp3) is 0.750. The predicted molar refractivity (Wildman–Crippen MR) is 91.8 cm³/mol. The molecule has 0 amide bonds. The molecule has 2 N–H and O–H groups in total. The minimum absolute atomic E-state index is 0.224. The van der Waals surface area contributed by atoms with E-state index in [0.717, 1.165) is 11.7 Å². The largest absolute Gasteiger partial charge is 0.347 e. The van der Waals surface area contributed by atoms with Gasteiger partial charge in [-0.25, -0.2) is 0 Å². The first-order valence-electron chi connectivity index (χ1n) is 7.60. The van der Waals surface area contributed by atoms with Gasteiger partial charge < -0.3 is 10.3 Å². The Kier molecular flexibility index (Phi) is 4.17. The van der Waals surface area contributed by atoms with E-state index in [1.807, 2.05) is 0 Å². The summed E-state index contributed by atoms with van der Waals surface area (Å²) in [5.74, 6) is 3.93. The first-order chi connectivity index (χ1) is 9.46. The van der Waals surface area contributed by atoms with Gasteiger partial charge in [0.1, 0.15) is 0 Å². The van der Waals surface area contributed by atoms with E-state index in [4.69, 9.17) is 5.73 Å². The summed E-state index contributed by atoms with van der Waals surface area (Å²) in [6.07, 6.45) is 2.28. The van der Waals surface area contributed by atoms with Crippen molar-refractivity contribution >= 4 is 23.5 Å². The van der Waals surface area contributed by atoms with Gasteiger partial charge in [-0.3, -0.25) is 0 Å². The zero-order valence-electron chi connectivity index (χ0n) is 12.8. The quantitative estimate of drug-likeness (QED) is 0.905. The molecular weight excluding hydrogens is 284 g/mol. The van der Waals surface area contributed by atoms with Crippen LogP contribution in [0.25, 0.3) is 0 Å². The van der Waals surface area contributed by atoms with Crippen LogP contribution in [0.2, 0.25) is 0 Å². The fourth-order valence-corrected chi connectivity index (χ4v) is 6.26. The minimum atomic E-state index is 0.224. The highest BCUT2D eigenvalue weighted by atomic mass is 32.2. The van der Waals surface area contributed by atoms with E-state index in [-0.39, 0.29) is 6.04 Å². The zero-order valence-corrected chi connectivity index (χ0v) is 14.4. The summed E-state index contributed by atoms with van der Waals surface area (Å²) in [5.41, 5.74) is 11.1. The topological polar surface area (TPSA) is 30.9 Å². The van der Waals surface area contributed by atoms with Gasteiger partial charge in [-0.05, 0) is 36.8 Å². The molecule has 3 rings (SSSR count). The van der Waals surface area contributed by atoms with Gasteiger partial charge in [-0.15, -0.1) is 0 Å². The molecule has 0 bridgehead atoms. The molecule has 2 atom stereocenters. The number of rotatable bonds is 2. The number of hydrogen-bond acceptors (Lipinski definition) is 3. The van der Waals surface area contributed by atoms with Gasteiger partial charge in [0, 0.05) is 46.5 Å². The predicted octanol–water partition coefficient (Wildman–Crippen LogP) is 3.62. The number of nitrogens with zero attached hydrogens (tertiary/aromatic N) is 1. The molecule has 1 saturated heterocycles. The summed E-state index contributed by atoms with van der Waals surface area (Å²) in [4.78, 5) is 0. The number of hydrogen-bond donors (Lipinski definition) is 1. The molecular formula is C16H26N2S2. The highest BCUT2D eigenvalue weighted by molar-refractivity contribution is 8.06. The molecule has 2 heterocycles. The first-order valence-corrected chi connectivity index (χ1v) is 9.80. The Morgan fingerprint density at radius 3 is 2.90 bits per heavy atom. The van der Waals surface area contributed by atoms with Crippen molar-refractivity contribution in [1.29, 1.82) is 0 Å². The van der Waals surface area contributed by atoms with Gasteiger partial charge in [0.15, 0.2) is 0 Å². The molecule has 20 heavy (non-hydrogen) atoms. The SMILES string of the molecule is Cc1cc2c(n1CC1CSCCS1)CC(C)(C)CC2N. The number of fused-ring (bicyclic) bond motifs is 1. The monoisotopic (exact) mass is 310 g/mol. The lowest BCUT2D eigenvalue weighted by molar-refractivity contribution is 0.275. The lowest BCUT2D eigenvalue weighted by atomic mass is 9.74. The molecule has 0 radical (unpaired) electrons. The van der Waals surface area contributed by atoms with Gasteiger partial charge in [-0.2, -0.15) is 23.5 Å². The van der Waals surface area contributed by atoms with E-state index in [9.17, 15) is 0 Å². The molecule has 112 valence electrons. The number of aryl methyl sites for hydroxylation is 1. The molecule has 1 aromatic heterocycles. The van der Waals surface area contributed by atoms with Crippen molar-refractivity contribution in [2.45, 2.75) is 51.4 Å². The van der Waals surface area contributed by atoms with Crippen molar-refractivity contribution in [3.63, 3.8) is 0 Å². The Morgan fingerprint density at radius 1 is 1.40 bits per heavy atom. The van der Waals surface area contributed by atoms with Crippen LogP contribution in [0.1, 0.15) is 43.3 Å². The maximum absolute atomic E-state index is 6.41. The second-order valence-electron chi connectivity index (χ2n) is 7.02. The molecule has 1 aliphatic carbocycles. The smallest absolute Gasteiger partial charge is 0.0352 e. The van der Waals surface area contributed by atoms with Crippen LogP contribution in [-0.2, 0) is 13.0 Å². The number of thioether (sulfide) groups is 2. The van der Waals surface area contributed by atoms with Crippen molar-refractivity contribution in [3.8, 4) is 0 Å². The standard InChI is InChI=1S/C16H26N2S2/c1-11-6-13-14(17)7-16(2,3)8-15(13)18(11)9-12-10-19-4-5-20-12/h6,12,14H,4-5,7-10,17H2,1-3H3. The summed E-state index contributed by atoms with van der Waals surface area (Å²) >= 11 is 4.26. The third-order valence-corrected chi connectivity index (χ3v) is 7.37. The molecule has 1 aromatic rings. The highest BCUT2D eigenvalue weighted by Gasteiger charge is 2.33. The van der Waals surface area contributed by atoms with E-state index in [1.54, 1.807) is 0 Å². The molecule has 2 aliphatic rings. The van der Waals surface area contributed by atoms with Crippen LogP contribution >= 0.6 is 23.5 Å². The van der Waals surface area contributed by atoms with E-state index in [2.05, 4.69) is 54.9 Å². The fourth-order valence-electron chi connectivity index (χ4n) is 3.60. The third kappa shape index (κ3) is 2.93. The minimum Gasteiger partial charge on any atom is -0.347 e. The third-order valence-electron chi connectivity index (χ3n) is 4.54. The second-order valence-corrected chi connectivity index (χ2v) is 9.58. The van der Waals surface area contributed by atoms with Crippen LogP contribution in [0.4, 0.5) is 0 Å². The zero-order chi connectivity index (χ0) is 14.3. The van der Waals surface area contributed by atoms with E-state index in [1.165, 1.54) is 47.2 Å². The van der Waals surface area contributed by atoms with E-state index < -0.39 is 0 Å². The summed E-state index contributed by atoms with van der Waals surface area (Å²) < 4.78 is 2.57. The van der Waals surface area contributed by atoms with Crippen LogP contribution in [0.15, 0.2) is 6.07 Å². The summed E-state index contributed by atoms with van der Waals surface area (Å²) in [7, 11) is 0. The molecule has 4 heteroatoms. The van der Waals surface area contributed by atoms with Crippen molar-refractivity contribution in [3.05, 3.63) is 23.0 Å². The lowest BCUT2D eigenvalue weighted by Gasteiger charge is -2.35.